The van der Waals surface area contributed by atoms with Gasteiger partial charge in [0.2, 0.25) is 5.91 Å². The first-order valence-electron chi connectivity index (χ1n) is 8.82. The number of benzene rings is 1. The first-order valence-corrected chi connectivity index (χ1v) is 9.20. The molecule has 1 aromatic carbocycles. The van der Waals surface area contributed by atoms with E-state index in [1.54, 1.807) is 12.1 Å². The van der Waals surface area contributed by atoms with Gasteiger partial charge in [-0.15, -0.1) is 12.4 Å². The lowest BCUT2D eigenvalue weighted by atomic mass is 10.1. The molecule has 0 spiro atoms. The van der Waals surface area contributed by atoms with E-state index in [0.29, 0.717) is 23.0 Å². The summed E-state index contributed by atoms with van der Waals surface area (Å²) in [6, 6.07) is 5.22. The zero-order valence-corrected chi connectivity index (χ0v) is 15.7. The summed E-state index contributed by atoms with van der Waals surface area (Å²) in [5.74, 6) is -0.259. The van der Waals surface area contributed by atoms with Crippen LogP contribution in [0.3, 0.4) is 0 Å². The Morgan fingerprint density at radius 1 is 1.24 bits per heavy atom. The van der Waals surface area contributed by atoms with Crippen molar-refractivity contribution in [2.24, 2.45) is 5.92 Å². The second-order valence-corrected chi connectivity index (χ2v) is 7.50. The molecule has 2 heterocycles. The van der Waals surface area contributed by atoms with Crippen molar-refractivity contribution in [2.45, 2.75) is 24.8 Å². The van der Waals surface area contributed by atoms with Crippen molar-refractivity contribution in [3.63, 3.8) is 0 Å². The van der Waals surface area contributed by atoms with E-state index in [0.717, 1.165) is 45.7 Å². The summed E-state index contributed by atoms with van der Waals surface area (Å²) in [7, 11) is 0. The lowest BCUT2D eigenvalue weighted by Crippen LogP contribution is -2.49. The van der Waals surface area contributed by atoms with Gasteiger partial charge in [-0.1, -0.05) is 17.7 Å². The van der Waals surface area contributed by atoms with E-state index in [1.165, 1.54) is 6.07 Å². The van der Waals surface area contributed by atoms with Crippen LogP contribution >= 0.6 is 24.0 Å². The number of carbonyl (C=O) groups excluding carboxylic acids is 1. The Morgan fingerprint density at radius 2 is 2.00 bits per heavy atom. The van der Waals surface area contributed by atoms with Crippen molar-refractivity contribution in [3.8, 4) is 0 Å². The van der Waals surface area contributed by atoms with Crippen LogP contribution in [-0.2, 0) is 4.79 Å². The molecule has 3 fully saturated rings. The molecule has 1 aromatic rings. The lowest BCUT2D eigenvalue weighted by Gasteiger charge is -2.32. The van der Waals surface area contributed by atoms with Gasteiger partial charge in [0.15, 0.2) is 0 Å². The van der Waals surface area contributed by atoms with Crippen LogP contribution in [0, 0.1) is 11.7 Å². The lowest BCUT2D eigenvalue weighted by molar-refractivity contribution is -0.131. The van der Waals surface area contributed by atoms with Crippen molar-refractivity contribution < 1.29 is 9.18 Å². The normalized spacial score (nSPS) is 29.4. The molecule has 4 nitrogen and oxygen atoms in total. The molecule has 138 valence electrons. The molecule has 1 aliphatic carbocycles. The standard InChI is InChI=1S/C18H23ClFN3O.ClH/c19-15-2-1-3-16(20)17(15)13-10-14(13)18(24)23-7-4-12(11-23)22-8-5-21-6-9-22;/h1-3,12-14,21H,4-11H2;1H. The molecular formula is C18H24Cl2FN3O. The number of halogens is 3. The molecule has 1 N–H and O–H groups in total. The predicted octanol–water partition coefficient (Wildman–Crippen LogP) is 2.51. The topological polar surface area (TPSA) is 35.6 Å². The largest absolute Gasteiger partial charge is 0.341 e. The Labute approximate surface area is 159 Å². The Morgan fingerprint density at radius 3 is 2.72 bits per heavy atom. The minimum Gasteiger partial charge on any atom is -0.341 e. The van der Waals surface area contributed by atoms with Crippen LogP contribution < -0.4 is 5.32 Å². The van der Waals surface area contributed by atoms with Crippen molar-refractivity contribution >= 4 is 29.9 Å². The summed E-state index contributed by atoms with van der Waals surface area (Å²) < 4.78 is 14.0. The molecule has 7 heteroatoms. The van der Waals surface area contributed by atoms with Crippen molar-refractivity contribution in [1.82, 2.24) is 15.1 Å². The number of nitrogens with one attached hydrogen (secondary N) is 1. The summed E-state index contributed by atoms with van der Waals surface area (Å²) in [5.41, 5.74) is 0.523. The van der Waals surface area contributed by atoms with Gasteiger partial charge in [-0.05, 0) is 25.0 Å². The van der Waals surface area contributed by atoms with Crippen LogP contribution in [0.25, 0.3) is 0 Å². The molecule has 0 radical (unpaired) electrons. The molecule has 2 aliphatic heterocycles. The molecule has 0 aromatic heterocycles. The van der Waals surface area contributed by atoms with Crippen LogP contribution in [-0.4, -0.2) is 61.0 Å². The van der Waals surface area contributed by atoms with Gasteiger partial charge in [-0.3, -0.25) is 9.69 Å². The summed E-state index contributed by atoms with van der Waals surface area (Å²) in [6.07, 6.45) is 1.76. The maximum atomic E-state index is 14.0. The molecule has 25 heavy (non-hydrogen) atoms. The van der Waals surface area contributed by atoms with Gasteiger partial charge in [-0.25, -0.2) is 4.39 Å². The number of carbonyl (C=O) groups is 1. The fraction of sp³-hybridized carbons (Fsp3) is 0.611. The minimum absolute atomic E-state index is 0. The fourth-order valence-electron chi connectivity index (χ4n) is 4.17. The van der Waals surface area contributed by atoms with E-state index in [4.69, 9.17) is 11.6 Å². The maximum absolute atomic E-state index is 14.0. The second-order valence-electron chi connectivity index (χ2n) is 7.10. The monoisotopic (exact) mass is 387 g/mol. The SMILES string of the molecule is Cl.O=C(C1CC1c1c(F)cccc1Cl)N1CCC(N2CCNCC2)C1. The Hall–Kier alpha value is -0.880. The fourth-order valence-corrected chi connectivity index (χ4v) is 4.48. The minimum atomic E-state index is -0.289. The van der Waals surface area contributed by atoms with Crippen LogP contribution in [0.1, 0.15) is 24.3 Å². The van der Waals surface area contributed by atoms with Crippen LogP contribution in [0.5, 0.6) is 0 Å². The molecule has 4 rings (SSSR count). The highest BCUT2D eigenvalue weighted by Crippen LogP contribution is 2.51. The number of piperazine rings is 1. The van der Waals surface area contributed by atoms with E-state index in [1.807, 2.05) is 4.90 Å². The summed E-state index contributed by atoms with van der Waals surface area (Å²) in [4.78, 5) is 17.2. The summed E-state index contributed by atoms with van der Waals surface area (Å²) in [6.45, 7) is 5.81. The van der Waals surface area contributed by atoms with Crippen LogP contribution in [0.4, 0.5) is 4.39 Å². The van der Waals surface area contributed by atoms with E-state index < -0.39 is 0 Å². The van der Waals surface area contributed by atoms with Gasteiger partial charge >= 0.3 is 0 Å². The molecule has 3 atom stereocenters. The van der Waals surface area contributed by atoms with Crippen molar-refractivity contribution in [1.29, 1.82) is 0 Å². The number of amides is 1. The average molecular weight is 388 g/mol. The second kappa shape index (κ2) is 7.78. The number of hydrogen-bond donors (Lipinski definition) is 1. The maximum Gasteiger partial charge on any atom is 0.226 e. The van der Waals surface area contributed by atoms with Gasteiger partial charge < -0.3 is 10.2 Å². The Kier molecular flexibility index (Phi) is 5.88. The van der Waals surface area contributed by atoms with Gasteiger partial charge in [0.25, 0.3) is 0 Å². The molecular weight excluding hydrogens is 364 g/mol. The van der Waals surface area contributed by atoms with E-state index in [2.05, 4.69) is 10.2 Å². The van der Waals surface area contributed by atoms with Crippen molar-refractivity contribution in [3.05, 3.63) is 34.6 Å². The van der Waals surface area contributed by atoms with Crippen LogP contribution in [0.2, 0.25) is 5.02 Å². The third-order valence-electron chi connectivity index (χ3n) is 5.62. The highest BCUT2D eigenvalue weighted by Gasteiger charge is 2.48. The zero-order chi connectivity index (χ0) is 16.7. The highest BCUT2D eigenvalue weighted by molar-refractivity contribution is 6.31. The summed E-state index contributed by atoms with van der Waals surface area (Å²) in [5, 5.41) is 3.80. The number of nitrogens with zero attached hydrogens (tertiary/aromatic N) is 2. The molecule has 1 amide bonds. The third-order valence-corrected chi connectivity index (χ3v) is 5.95. The molecule has 3 aliphatic rings. The summed E-state index contributed by atoms with van der Waals surface area (Å²) >= 11 is 6.14. The molecule has 0 bridgehead atoms. The van der Waals surface area contributed by atoms with Crippen molar-refractivity contribution in [2.75, 3.05) is 39.3 Å². The molecule has 2 saturated heterocycles. The first-order chi connectivity index (χ1) is 11.6. The third kappa shape index (κ3) is 3.80. The molecule has 1 saturated carbocycles. The number of likely N-dealkylation sites (tertiary alicyclic amines) is 1. The van der Waals surface area contributed by atoms with E-state index >= 15 is 0 Å². The molecule has 3 unspecified atom stereocenters. The average Bonchev–Trinajstić information content (AvgIpc) is 3.20. The van der Waals surface area contributed by atoms with Gasteiger partial charge in [-0.2, -0.15) is 0 Å². The smallest absolute Gasteiger partial charge is 0.226 e. The van der Waals surface area contributed by atoms with Crippen LogP contribution in [0.15, 0.2) is 18.2 Å². The quantitative estimate of drug-likeness (QED) is 0.865. The van der Waals surface area contributed by atoms with E-state index in [-0.39, 0.29) is 36.0 Å². The predicted molar refractivity (Wildman–Crippen MR) is 98.9 cm³/mol. The van der Waals surface area contributed by atoms with Gasteiger partial charge in [0.1, 0.15) is 5.82 Å². The Bertz CT molecular complexity index is 618. The zero-order valence-electron chi connectivity index (χ0n) is 14.1. The van der Waals surface area contributed by atoms with E-state index in [9.17, 15) is 9.18 Å². The number of hydrogen-bond acceptors (Lipinski definition) is 3. The number of rotatable bonds is 3. The van der Waals surface area contributed by atoms with Gasteiger partial charge in [0, 0.05) is 67.7 Å². The van der Waals surface area contributed by atoms with Gasteiger partial charge in [0.05, 0.1) is 0 Å². The Balaban J connectivity index is 0.00000182. The first kappa shape index (κ1) is 18.9. The highest BCUT2D eigenvalue weighted by atomic mass is 35.5.